The third kappa shape index (κ3) is 5.74. The molecule has 1 aromatic carbocycles. The van der Waals surface area contributed by atoms with Crippen molar-refractivity contribution in [1.82, 2.24) is 19.6 Å². The maximum Gasteiger partial charge on any atom is 0.254 e. The van der Waals surface area contributed by atoms with Crippen LogP contribution >= 0.6 is 0 Å². The molecule has 4 saturated heterocycles. The Morgan fingerprint density at radius 1 is 0.342 bits per heavy atom. The van der Waals surface area contributed by atoms with Gasteiger partial charge in [-0.15, -0.1) is 0 Å². The lowest BCUT2D eigenvalue weighted by Gasteiger charge is -2.32. The first-order valence-electron chi connectivity index (χ1n) is 14.9. The van der Waals surface area contributed by atoms with Gasteiger partial charge in [-0.05, 0) is 89.2 Å². The van der Waals surface area contributed by atoms with Gasteiger partial charge in [0.1, 0.15) is 0 Å². The molecular weight excluding hydrogens is 480 g/mol. The highest BCUT2D eigenvalue weighted by Gasteiger charge is 2.33. The van der Waals surface area contributed by atoms with Gasteiger partial charge in [0.15, 0.2) is 0 Å². The number of nitrogens with zero attached hydrogens (tertiary/aromatic N) is 4. The summed E-state index contributed by atoms with van der Waals surface area (Å²) in [5, 5.41) is 0. The third-order valence-electron chi connectivity index (χ3n) is 8.65. The first kappa shape index (κ1) is 26.7. The third-order valence-corrected chi connectivity index (χ3v) is 8.65. The Bertz CT molecular complexity index is 884. The summed E-state index contributed by atoms with van der Waals surface area (Å²) in [4.78, 5) is 62.8. The van der Waals surface area contributed by atoms with Crippen LogP contribution in [0.3, 0.4) is 0 Å². The number of benzene rings is 1. The molecule has 0 radical (unpaired) electrons. The van der Waals surface area contributed by atoms with Crippen LogP contribution in [0.1, 0.15) is 118 Å². The van der Waals surface area contributed by atoms with Gasteiger partial charge in [0, 0.05) is 52.4 Å². The van der Waals surface area contributed by atoms with Gasteiger partial charge >= 0.3 is 0 Å². The molecule has 206 valence electrons. The summed E-state index contributed by atoms with van der Waals surface area (Å²) in [5.41, 5.74) is 1.10. The molecule has 0 aromatic heterocycles. The van der Waals surface area contributed by atoms with Gasteiger partial charge < -0.3 is 19.6 Å². The van der Waals surface area contributed by atoms with Crippen molar-refractivity contribution in [1.29, 1.82) is 0 Å². The molecule has 0 aliphatic carbocycles. The molecule has 0 atom stereocenters. The Labute approximate surface area is 226 Å². The van der Waals surface area contributed by atoms with Crippen LogP contribution in [-0.4, -0.2) is 95.6 Å². The summed E-state index contributed by atoms with van der Waals surface area (Å²) < 4.78 is 0. The minimum Gasteiger partial charge on any atom is -0.339 e. The molecule has 4 heterocycles. The molecule has 4 fully saturated rings. The molecule has 4 amide bonds. The van der Waals surface area contributed by atoms with Crippen molar-refractivity contribution >= 4 is 23.6 Å². The van der Waals surface area contributed by atoms with E-state index in [2.05, 4.69) is 0 Å². The van der Waals surface area contributed by atoms with E-state index in [9.17, 15) is 19.2 Å². The minimum absolute atomic E-state index is 0.199. The van der Waals surface area contributed by atoms with Crippen molar-refractivity contribution in [2.24, 2.45) is 0 Å². The molecule has 0 saturated carbocycles. The molecule has 0 unspecified atom stereocenters. The van der Waals surface area contributed by atoms with Crippen molar-refractivity contribution in [3.63, 3.8) is 0 Å². The van der Waals surface area contributed by atoms with Crippen LogP contribution in [0.25, 0.3) is 0 Å². The average molecular weight is 523 g/mol. The van der Waals surface area contributed by atoms with Gasteiger partial charge in [0.2, 0.25) is 0 Å². The molecule has 4 aliphatic heterocycles. The largest absolute Gasteiger partial charge is 0.339 e. The highest BCUT2D eigenvalue weighted by atomic mass is 16.2. The van der Waals surface area contributed by atoms with Gasteiger partial charge in [-0.3, -0.25) is 19.2 Å². The molecule has 38 heavy (non-hydrogen) atoms. The fraction of sp³-hybridized carbons (Fsp3) is 0.667. The van der Waals surface area contributed by atoms with E-state index in [0.29, 0.717) is 52.4 Å². The highest BCUT2D eigenvalue weighted by molar-refractivity contribution is 6.14. The summed E-state index contributed by atoms with van der Waals surface area (Å²) in [6.07, 6.45) is 11.8. The SMILES string of the molecule is O=C(c1cc(C(=O)N2CCCCC2)c(C(=O)N2CCCCC2)cc1C(=O)N1CCCCC1)N1CCCCC1. The molecule has 8 heteroatoms. The topological polar surface area (TPSA) is 81.2 Å². The Morgan fingerprint density at radius 2 is 0.526 bits per heavy atom. The second kappa shape index (κ2) is 12.3. The molecule has 4 aliphatic rings. The van der Waals surface area contributed by atoms with Gasteiger partial charge in [0.05, 0.1) is 22.3 Å². The Hall–Kier alpha value is -2.90. The summed E-state index contributed by atoms with van der Waals surface area (Å²) in [7, 11) is 0. The predicted octanol–water partition coefficient (Wildman–Crippen LogP) is 4.19. The highest BCUT2D eigenvalue weighted by Crippen LogP contribution is 2.27. The minimum atomic E-state index is -0.199. The smallest absolute Gasteiger partial charge is 0.254 e. The summed E-state index contributed by atoms with van der Waals surface area (Å²) in [6.45, 7) is 5.22. The van der Waals surface area contributed by atoms with Crippen molar-refractivity contribution < 1.29 is 19.2 Å². The first-order valence-corrected chi connectivity index (χ1v) is 14.9. The van der Waals surface area contributed by atoms with Crippen molar-refractivity contribution in [3.05, 3.63) is 34.4 Å². The molecule has 1 aromatic rings. The van der Waals surface area contributed by atoms with E-state index >= 15 is 0 Å². The lowest BCUT2D eigenvalue weighted by Crippen LogP contribution is -2.42. The van der Waals surface area contributed by atoms with E-state index in [-0.39, 0.29) is 45.9 Å². The maximum atomic E-state index is 13.9. The van der Waals surface area contributed by atoms with Crippen LogP contribution in [0, 0.1) is 0 Å². The fourth-order valence-electron chi connectivity index (χ4n) is 6.38. The van der Waals surface area contributed by atoms with E-state index in [1.54, 1.807) is 12.1 Å². The number of carbonyl (C=O) groups is 4. The summed E-state index contributed by atoms with van der Waals surface area (Å²) >= 11 is 0. The normalized spacial score (nSPS) is 20.8. The Morgan fingerprint density at radius 3 is 0.711 bits per heavy atom. The molecule has 0 N–H and O–H groups in total. The molecule has 5 rings (SSSR count). The summed E-state index contributed by atoms with van der Waals surface area (Å²) in [5.74, 6) is -0.797. The van der Waals surface area contributed by atoms with Crippen LogP contribution in [0.15, 0.2) is 12.1 Å². The zero-order valence-corrected chi connectivity index (χ0v) is 22.7. The van der Waals surface area contributed by atoms with Crippen LogP contribution in [0.2, 0.25) is 0 Å². The second-order valence-electron chi connectivity index (χ2n) is 11.4. The quantitative estimate of drug-likeness (QED) is 0.594. The van der Waals surface area contributed by atoms with Gasteiger partial charge in [0.25, 0.3) is 23.6 Å². The molecular formula is C30H42N4O4. The van der Waals surface area contributed by atoms with Gasteiger partial charge in [-0.1, -0.05) is 0 Å². The monoisotopic (exact) mass is 522 g/mol. The van der Waals surface area contributed by atoms with E-state index in [1.165, 1.54) is 0 Å². The zero-order chi connectivity index (χ0) is 26.5. The van der Waals surface area contributed by atoms with Gasteiger partial charge in [-0.2, -0.15) is 0 Å². The van der Waals surface area contributed by atoms with E-state index in [0.717, 1.165) is 77.0 Å². The van der Waals surface area contributed by atoms with Gasteiger partial charge in [-0.25, -0.2) is 0 Å². The lowest BCUT2D eigenvalue weighted by molar-refractivity contribution is 0.0671. The predicted molar refractivity (Wildman–Crippen MR) is 145 cm³/mol. The molecule has 0 bridgehead atoms. The van der Waals surface area contributed by atoms with Crippen LogP contribution in [-0.2, 0) is 0 Å². The van der Waals surface area contributed by atoms with Crippen molar-refractivity contribution in [2.45, 2.75) is 77.0 Å². The first-order chi connectivity index (χ1) is 18.5. The fourth-order valence-corrected chi connectivity index (χ4v) is 6.38. The second-order valence-corrected chi connectivity index (χ2v) is 11.4. The van der Waals surface area contributed by atoms with E-state index in [4.69, 9.17) is 0 Å². The van der Waals surface area contributed by atoms with Crippen LogP contribution < -0.4 is 0 Å². The van der Waals surface area contributed by atoms with Crippen molar-refractivity contribution in [3.8, 4) is 0 Å². The number of amides is 4. The van der Waals surface area contributed by atoms with Crippen LogP contribution in [0.5, 0.6) is 0 Å². The molecule has 8 nitrogen and oxygen atoms in total. The zero-order valence-electron chi connectivity index (χ0n) is 22.7. The number of hydrogen-bond donors (Lipinski definition) is 0. The van der Waals surface area contributed by atoms with E-state index in [1.807, 2.05) is 19.6 Å². The number of piperidine rings is 4. The van der Waals surface area contributed by atoms with Crippen molar-refractivity contribution in [2.75, 3.05) is 52.4 Å². The average Bonchev–Trinajstić information content (AvgIpc) is 3.00. The standard InChI is InChI=1S/C30H42N4O4/c35-27(31-13-5-1-6-14-31)23-21-25(29(37)33-17-9-3-10-18-33)26(30(38)34-19-11-4-12-20-34)22-24(23)28(36)32-15-7-2-8-16-32/h21-22H,1-20H2. The number of carbonyl (C=O) groups excluding carboxylic acids is 4. The maximum absolute atomic E-state index is 13.9. The number of likely N-dealkylation sites (tertiary alicyclic amines) is 4. The number of rotatable bonds is 4. The van der Waals surface area contributed by atoms with Crippen LogP contribution in [0.4, 0.5) is 0 Å². The number of hydrogen-bond acceptors (Lipinski definition) is 4. The molecule has 0 spiro atoms. The lowest BCUT2D eigenvalue weighted by atomic mass is 9.93. The summed E-state index contributed by atoms with van der Waals surface area (Å²) in [6, 6.07) is 3.20. The van der Waals surface area contributed by atoms with E-state index < -0.39 is 0 Å². The Balaban J connectivity index is 1.60. The Kier molecular flexibility index (Phi) is 8.65.